The minimum Gasteiger partial charge on any atom is -0.393 e. The first kappa shape index (κ1) is 18.6. The number of carbonyl (C=O) groups excluding carboxylic acids is 2. The largest absolute Gasteiger partial charge is 0.393 e. The lowest BCUT2D eigenvalue weighted by molar-refractivity contribution is -0.162. The summed E-state index contributed by atoms with van der Waals surface area (Å²) in [6.07, 6.45) is 7.26. The van der Waals surface area contributed by atoms with Gasteiger partial charge in [0.15, 0.2) is 5.78 Å². The summed E-state index contributed by atoms with van der Waals surface area (Å²) in [5.41, 5.74) is -0.125. The Hall–Kier alpha value is -0.740. The summed E-state index contributed by atoms with van der Waals surface area (Å²) in [6, 6.07) is 0. The van der Waals surface area contributed by atoms with E-state index in [-0.39, 0.29) is 41.2 Å². The number of rotatable bonds is 3. The van der Waals surface area contributed by atoms with Gasteiger partial charge in [0.05, 0.1) is 6.10 Å². The van der Waals surface area contributed by atoms with Gasteiger partial charge in [0, 0.05) is 25.4 Å². The normalized spacial score (nSPS) is 50.7. The monoisotopic (exact) mass is 362 g/mol. The van der Waals surface area contributed by atoms with Gasteiger partial charge in [-0.3, -0.25) is 9.59 Å². The van der Waals surface area contributed by atoms with Crippen molar-refractivity contribution in [3.05, 3.63) is 0 Å². The molecule has 0 saturated heterocycles. The van der Waals surface area contributed by atoms with Crippen LogP contribution in [-0.4, -0.2) is 36.5 Å². The summed E-state index contributed by atoms with van der Waals surface area (Å²) >= 11 is 0. The zero-order valence-electron chi connectivity index (χ0n) is 16.5. The number of ketones is 2. The number of aliphatic hydroxyl groups excluding tert-OH is 1. The Morgan fingerprint density at radius 3 is 2.65 bits per heavy atom. The van der Waals surface area contributed by atoms with E-state index in [2.05, 4.69) is 13.8 Å². The molecule has 0 bridgehead atoms. The number of fused-ring (bicyclic) bond motifs is 5. The fourth-order valence-corrected chi connectivity index (χ4v) is 7.82. The van der Waals surface area contributed by atoms with E-state index in [1.165, 1.54) is 0 Å². The fraction of sp³-hybridized carbons (Fsp3) is 0.909. The Morgan fingerprint density at radius 1 is 1.15 bits per heavy atom. The van der Waals surface area contributed by atoms with Gasteiger partial charge in [0.25, 0.3) is 0 Å². The highest BCUT2D eigenvalue weighted by Gasteiger charge is 2.63. The van der Waals surface area contributed by atoms with Crippen molar-refractivity contribution in [3.63, 3.8) is 0 Å². The molecular formula is C22H34O4. The van der Waals surface area contributed by atoms with E-state index in [0.717, 1.165) is 44.9 Å². The van der Waals surface area contributed by atoms with Crippen LogP contribution in [0, 0.1) is 40.4 Å². The van der Waals surface area contributed by atoms with Crippen LogP contribution < -0.4 is 0 Å². The van der Waals surface area contributed by atoms with Crippen LogP contribution in [0.15, 0.2) is 0 Å². The molecule has 0 radical (unpaired) electrons. The van der Waals surface area contributed by atoms with Gasteiger partial charge in [-0.1, -0.05) is 13.8 Å². The molecule has 8 atom stereocenters. The number of carbonyl (C=O) groups is 2. The van der Waals surface area contributed by atoms with Crippen molar-refractivity contribution in [2.24, 2.45) is 40.4 Å². The number of Topliss-reactive ketones (excluding diaryl/α,β-unsaturated/α-hetero) is 2. The van der Waals surface area contributed by atoms with Gasteiger partial charge in [-0.25, -0.2) is 0 Å². The highest BCUT2D eigenvalue weighted by atomic mass is 16.5. The second kappa shape index (κ2) is 6.41. The maximum absolute atomic E-state index is 13.4. The van der Waals surface area contributed by atoms with Crippen molar-refractivity contribution in [2.75, 3.05) is 13.7 Å². The molecule has 1 N–H and O–H groups in total. The van der Waals surface area contributed by atoms with Crippen LogP contribution in [0.5, 0.6) is 0 Å². The summed E-state index contributed by atoms with van der Waals surface area (Å²) in [4.78, 5) is 26.1. The Bertz CT molecular complexity index is 601. The van der Waals surface area contributed by atoms with Gasteiger partial charge < -0.3 is 9.84 Å². The van der Waals surface area contributed by atoms with E-state index in [0.29, 0.717) is 30.0 Å². The maximum atomic E-state index is 13.4. The minimum absolute atomic E-state index is 0.0175. The minimum atomic E-state index is -0.184. The van der Waals surface area contributed by atoms with Crippen molar-refractivity contribution in [2.45, 2.75) is 71.3 Å². The third kappa shape index (κ3) is 2.55. The van der Waals surface area contributed by atoms with E-state index >= 15 is 0 Å². The summed E-state index contributed by atoms with van der Waals surface area (Å²) < 4.78 is 5.11. The third-order valence-corrected chi connectivity index (χ3v) is 9.00. The Balaban J connectivity index is 1.63. The molecule has 4 saturated carbocycles. The van der Waals surface area contributed by atoms with Crippen LogP contribution in [0.4, 0.5) is 0 Å². The van der Waals surface area contributed by atoms with Crippen LogP contribution in [-0.2, 0) is 14.3 Å². The SMILES string of the molecule is COCC(=O)[C@H]1CC[C@H]2[C@@H]3CC[C@H]4C[C@H](O)CC[C@]4(C)[C@H]3C(=O)C[C@]12C. The van der Waals surface area contributed by atoms with Gasteiger partial charge in [-0.2, -0.15) is 0 Å². The standard InChI is InChI=1S/C22H34O4/c1-21-9-8-14(23)10-13(21)4-5-15-16-6-7-17(19(25)12-26-3)22(16,2)11-18(24)20(15)21/h13-17,20,23H,4-12H2,1-3H3/t13-,14+,15-,16-,17+,20+,21-,22-/m0/s1. The molecule has 0 aromatic rings. The van der Waals surface area contributed by atoms with Gasteiger partial charge in [0.1, 0.15) is 12.4 Å². The first-order valence-corrected chi connectivity index (χ1v) is 10.5. The first-order valence-electron chi connectivity index (χ1n) is 10.5. The van der Waals surface area contributed by atoms with Crippen molar-refractivity contribution >= 4 is 11.6 Å². The maximum Gasteiger partial charge on any atom is 0.162 e. The van der Waals surface area contributed by atoms with Gasteiger partial charge >= 0.3 is 0 Å². The zero-order chi connectivity index (χ0) is 18.7. The van der Waals surface area contributed by atoms with Crippen molar-refractivity contribution in [3.8, 4) is 0 Å². The lowest BCUT2D eigenvalue weighted by Crippen LogP contribution is -2.58. The lowest BCUT2D eigenvalue weighted by atomic mass is 9.44. The van der Waals surface area contributed by atoms with Crippen LogP contribution in [0.3, 0.4) is 0 Å². The smallest absolute Gasteiger partial charge is 0.162 e. The summed E-state index contributed by atoms with van der Waals surface area (Å²) in [5, 5.41) is 10.1. The molecular weight excluding hydrogens is 328 g/mol. The highest BCUT2D eigenvalue weighted by molar-refractivity contribution is 5.88. The molecule has 4 aliphatic carbocycles. The third-order valence-electron chi connectivity index (χ3n) is 9.00. The fourth-order valence-electron chi connectivity index (χ4n) is 7.82. The van der Waals surface area contributed by atoms with Crippen molar-refractivity contribution in [1.82, 2.24) is 0 Å². The number of aliphatic hydroxyl groups is 1. The topological polar surface area (TPSA) is 63.6 Å². The second-order valence-electron chi connectivity index (χ2n) is 10.1. The molecule has 0 aromatic carbocycles. The van der Waals surface area contributed by atoms with Crippen LogP contribution in [0.2, 0.25) is 0 Å². The molecule has 0 aliphatic heterocycles. The Kier molecular flexibility index (Phi) is 4.59. The van der Waals surface area contributed by atoms with E-state index < -0.39 is 0 Å². The van der Waals surface area contributed by atoms with Crippen molar-refractivity contribution < 1.29 is 19.4 Å². The molecule has 4 fully saturated rings. The van der Waals surface area contributed by atoms with Crippen LogP contribution >= 0.6 is 0 Å². The predicted octanol–water partition coefficient (Wildman–Crippen LogP) is 3.40. The van der Waals surface area contributed by atoms with E-state index in [9.17, 15) is 14.7 Å². The Morgan fingerprint density at radius 2 is 1.92 bits per heavy atom. The average molecular weight is 363 g/mol. The van der Waals surface area contributed by atoms with Crippen molar-refractivity contribution in [1.29, 1.82) is 0 Å². The highest BCUT2D eigenvalue weighted by Crippen LogP contribution is 2.66. The van der Waals surface area contributed by atoms with E-state index in [4.69, 9.17) is 4.74 Å². The molecule has 0 heterocycles. The number of ether oxygens (including phenoxy) is 1. The molecule has 146 valence electrons. The summed E-state index contributed by atoms with van der Waals surface area (Å²) in [7, 11) is 1.58. The summed E-state index contributed by atoms with van der Waals surface area (Å²) in [5.74, 6) is 2.10. The molecule has 0 unspecified atom stereocenters. The Labute approximate surface area is 157 Å². The summed E-state index contributed by atoms with van der Waals surface area (Å²) in [6.45, 7) is 4.70. The van der Waals surface area contributed by atoms with Crippen LogP contribution in [0.25, 0.3) is 0 Å². The molecule has 4 heteroatoms. The van der Waals surface area contributed by atoms with Gasteiger partial charge in [-0.05, 0) is 73.5 Å². The zero-order valence-corrected chi connectivity index (χ0v) is 16.5. The van der Waals surface area contributed by atoms with Gasteiger partial charge in [0.2, 0.25) is 0 Å². The first-order chi connectivity index (χ1) is 12.3. The molecule has 4 aliphatic rings. The van der Waals surface area contributed by atoms with E-state index in [1.807, 2.05) is 0 Å². The number of hydrogen-bond donors (Lipinski definition) is 1. The lowest BCUT2D eigenvalue weighted by Gasteiger charge is -2.59. The quantitative estimate of drug-likeness (QED) is 0.836. The molecule has 4 nitrogen and oxygen atoms in total. The second-order valence-corrected chi connectivity index (χ2v) is 10.1. The van der Waals surface area contributed by atoms with E-state index in [1.54, 1.807) is 7.11 Å². The molecule has 0 aromatic heterocycles. The number of hydrogen-bond acceptors (Lipinski definition) is 4. The molecule has 0 amide bonds. The molecule has 4 rings (SSSR count). The van der Waals surface area contributed by atoms with Crippen LogP contribution in [0.1, 0.15) is 65.2 Å². The average Bonchev–Trinajstić information content (AvgIpc) is 2.92. The van der Waals surface area contributed by atoms with Gasteiger partial charge in [-0.15, -0.1) is 0 Å². The number of methoxy groups -OCH3 is 1. The molecule has 0 spiro atoms. The predicted molar refractivity (Wildman–Crippen MR) is 98.5 cm³/mol. The molecule has 26 heavy (non-hydrogen) atoms.